The second-order valence-electron chi connectivity index (χ2n) is 6.70. The van der Waals surface area contributed by atoms with Gasteiger partial charge in [0.15, 0.2) is 0 Å². The standard InChI is InChI=1S/C21H18ClN3O2S/c1-12(26)24-20-10-14(8-9-23-20)19-11-17-16(13-2-4-15(22)5-3-13)6-7-18(25-27)21(17)28-19/h2-5,8-11,16,27H,6-7H2,1H3,(H,23,24,26)/b25-18+. The van der Waals surface area contributed by atoms with Crippen molar-refractivity contribution < 1.29 is 10.0 Å². The lowest BCUT2D eigenvalue weighted by atomic mass is 9.81. The zero-order valence-corrected chi connectivity index (χ0v) is 16.7. The average molecular weight is 412 g/mol. The molecule has 28 heavy (non-hydrogen) atoms. The van der Waals surface area contributed by atoms with Gasteiger partial charge in [-0.1, -0.05) is 28.9 Å². The molecule has 0 spiro atoms. The van der Waals surface area contributed by atoms with Crippen molar-refractivity contribution in [3.8, 4) is 10.4 Å². The number of hydrogen-bond donors (Lipinski definition) is 2. The number of carbonyl (C=O) groups excluding carboxylic acids is 1. The van der Waals surface area contributed by atoms with Crippen molar-refractivity contribution in [1.29, 1.82) is 0 Å². The van der Waals surface area contributed by atoms with Gasteiger partial charge in [-0.25, -0.2) is 4.98 Å². The molecule has 1 atom stereocenters. The number of halogens is 1. The summed E-state index contributed by atoms with van der Waals surface area (Å²) in [6, 6.07) is 13.8. The fraction of sp³-hybridized carbons (Fsp3) is 0.190. The summed E-state index contributed by atoms with van der Waals surface area (Å²) in [5.74, 6) is 0.578. The largest absolute Gasteiger partial charge is 0.411 e. The van der Waals surface area contributed by atoms with Crippen LogP contribution in [-0.4, -0.2) is 21.8 Å². The molecule has 1 aliphatic carbocycles. The Morgan fingerprint density at radius 2 is 2.07 bits per heavy atom. The maximum absolute atomic E-state index is 11.3. The van der Waals surface area contributed by atoms with Crippen LogP contribution in [0.5, 0.6) is 0 Å². The molecule has 2 heterocycles. The molecule has 4 rings (SSSR count). The first-order chi connectivity index (χ1) is 13.5. The van der Waals surface area contributed by atoms with Crippen LogP contribution in [0.25, 0.3) is 10.4 Å². The lowest BCUT2D eigenvalue weighted by Gasteiger charge is -2.23. The van der Waals surface area contributed by atoms with Crippen LogP contribution >= 0.6 is 22.9 Å². The average Bonchev–Trinajstić information content (AvgIpc) is 3.13. The molecule has 1 unspecified atom stereocenters. The summed E-state index contributed by atoms with van der Waals surface area (Å²) >= 11 is 7.64. The third-order valence-electron chi connectivity index (χ3n) is 4.81. The third kappa shape index (κ3) is 3.66. The topological polar surface area (TPSA) is 74.6 Å². The summed E-state index contributed by atoms with van der Waals surface area (Å²) in [5.41, 5.74) is 4.03. The van der Waals surface area contributed by atoms with Crippen molar-refractivity contribution >= 4 is 40.4 Å². The van der Waals surface area contributed by atoms with Crippen molar-refractivity contribution in [2.75, 3.05) is 5.32 Å². The fourth-order valence-corrected chi connectivity index (χ4v) is 4.91. The summed E-state index contributed by atoms with van der Waals surface area (Å²) in [5, 5.41) is 16.4. The summed E-state index contributed by atoms with van der Waals surface area (Å²) in [6.45, 7) is 1.46. The highest BCUT2D eigenvalue weighted by Gasteiger charge is 2.29. The zero-order chi connectivity index (χ0) is 19.7. The molecule has 0 bridgehead atoms. The monoisotopic (exact) mass is 411 g/mol. The minimum Gasteiger partial charge on any atom is -0.411 e. The first-order valence-corrected chi connectivity index (χ1v) is 10.1. The van der Waals surface area contributed by atoms with Crippen LogP contribution in [0.15, 0.2) is 53.8 Å². The Hall–Kier alpha value is -2.70. The molecule has 142 valence electrons. The fourth-order valence-electron chi connectivity index (χ4n) is 3.55. The van der Waals surface area contributed by atoms with E-state index in [1.807, 2.05) is 24.3 Å². The van der Waals surface area contributed by atoms with E-state index in [1.54, 1.807) is 17.5 Å². The normalized spacial score (nSPS) is 17.4. The highest BCUT2D eigenvalue weighted by atomic mass is 35.5. The number of amides is 1. The maximum atomic E-state index is 11.3. The number of anilines is 1. The number of aromatic nitrogens is 1. The van der Waals surface area contributed by atoms with Crippen LogP contribution in [0.3, 0.4) is 0 Å². The molecule has 0 saturated carbocycles. The number of pyridine rings is 1. The molecule has 0 saturated heterocycles. The van der Waals surface area contributed by atoms with E-state index in [-0.39, 0.29) is 11.8 Å². The summed E-state index contributed by atoms with van der Waals surface area (Å²) in [6.07, 6.45) is 3.26. The molecule has 5 nitrogen and oxygen atoms in total. The molecule has 1 aliphatic rings. The predicted molar refractivity (Wildman–Crippen MR) is 113 cm³/mol. The van der Waals surface area contributed by atoms with E-state index in [2.05, 4.69) is 33.7 Å². The number of thiophene rings is 1. The second kappa shape index (κ2) is 7.73. The SMILES string of the molecule is CC(=O)Nc1cc(-c2cc3c(s2)/C(=N/O)CCC3c2ccc(Cl)cc2)ccn1. The zero-order valence-electron chi connectivity index (χ0n) is 15.1. The summed E-state index contributed by atoms with van der Waals surface area (Å²) < 4.78 is 0. The maximum Gasteiger partial charge on any atom is 0.222 e. The number of carbonyl (C=O) groups is 1. The Morgan fingerprint density at radius 3 is 2.79 bits per heavy atom. The third-order valence-corrected chi connectivity index (χ3v) is 6.31. The van der Waals surface area contributed by atoms with Crippen molar-refractivity contribution in [3.63, 3.8) is 0 Å². The molecule has 0 aliphatic heterocycles. The molecule has 0 fully saturated rings. The van der Waals surface area contributed by atoms with E-state index in [0.717, 1.165) is 27.3 Å². The van der Waals surface area contributed by atoms with Crippen molar-refractivity contribution in [3.05, 3.63) is 69.7 Å². The summed E-state index contributed by atoms with van der Waals surface area (Å²) in [4.78, 5) is 17.6. The van der Waals surface area contributed by atoms with Crippen LogP contribution in [0.1, 0.15) is 41.7 Å². The quantitative estimate of drug-likeness (QED) is 0.439. The summed E-state index contributed by atoms with van der Waals surface area (Å²) in [7, 11) is 0. The molecule has 7 heteroatoms. The molecule has 1 aromatic carbocycles. The number of rotatable bonds is 3. The van der Waals surface area contributed by atoms with Crippen molar-refractivity contribution in [2.45, 2.75) is 25.7 Å². The van der Waals surface area contributed by atoms with Gasteiger partial charge in [0.25, 0.3) is 0 Å². The Kier molecular flexibility index (Phi) is 5.15. The van der Waals surface area contributed by atoms with Crippen LogP contribution in [-0.2, 0) is 4.79 Å². The van der Waals surface area contributed by atoms with Crippen LogP contribution in [0.4, 0.5) is 5.82 Å². The molecule has 1 amide bonds. The molecule has 3 aromatic rings. The van der Waals surface area contributed by atoms with E-state index < -0.39 is 0 Å². The van der Waals surface area contributed by atoms with Crippen LogP contribution < -0.4 is 5.32 Å². The van der Waals surface area contributed by atoms with Crippen molar-refractivity contribution in [1.82, 2.24) is 4.98 Å². The number of nitrogens with one attached hydrogen (secondary N) is 1. The Bertz CT molecular complexity index is 1060. The minimum absolute atomic E-state index is 0.160. The Balaban J connectivity index is 1.77. The Labute approximate surface area is 171 Å². The van der Waals surface area contributed by atoms with Gasteiger partial charge in [0, 0.05) is 28.9 Å². The number of hydrogen-bond acceptors (Lipinski definition) is 5. The Morgan fingerprint density at radius 1 is 1.29 bits per heavy atom. The van der Waals surface area contributed by atoms with Gasteiger partial charge in [-0.15, -0.1) is 11.3 Å². The molecular weight excluding hydrogens is 394 g/mol. The molecule has 2 N–H and O–H groups in total. The van der Waals surface area contributed by atoms with Crippen molar-refractivity contribution in [2.24, 2.45) is 5.16 Å². The number of nitrogens with zero attached hydrogens (tertiary/aromatic N) is 2. The molecule has 2 aromatic heterocycles. The van der Waals surface area contributed by atoms with Gasteiger partial charge in [-0.2, -0.15) is 0 Å². The highest BCUT2D eigenvalue weighted by molar-refractivity contribution is 7.17. The number of benzene rings is 1. The van der Waals surface area contributed by atoms with Gasteiger partial charge in [0.2, 0.25) is 5.91 Å². The van der Waals surface area contributed by atoms with E-state index in [9.17, 15) is 10.0 Å². The van der Waals surface area contributed by atoms with Gasteiger partial charge in [-0.05, 0) is 59.9 Å². The van der Waals surface area contributed by atoms with Gasteiger partial charge < -0.3 is 10.5 Å². The smallest absolute Gasteiger partial charge is 0.222 e. The van der Waals surface area contributed by atoms with Crippen LogP contribution in [0.2, 0.25) is 5.02 Å². The second-order valence-corrected chi connectivity index (χ2v) is 8.18. The predicted octanol–water partition coefficient (Wildman–Crippen LogP) is 5.53. The molecule has 0 radical (unpaired) electrons. The minimum atomic E-state index is -0.160. The molecular formula is C21H18ClN3O2S. The lowest BCUT2D eigenvalue weighted by Crippen LogP contribution is -2.14. The van der Waals surface area contributed by atoms with E-state index >= 15 is 0 Å². The number of fused-ring (bicyclic) bond motifs is 1. The highest BCUT2D eigenvalue weighted by Crippen LogP contribution is 2.44. The van der Waals surface area contributed by atoms with Crippen LogP contribution in [0, 0.1) is 0 Å². The van der Waals surface area contributed by atoms with E-state index in [1.165, 1.54) is 12.5 Å². The van der Waals surface area contributed by atoms with E-state index in [4.69, 9.17) is 11.6 Å². The van der Waals surface area contributed by atoms with E-state index in [0.29, 0.717) is 23.0 Å². The van der Waals surface area contributed by atoms with Gasteiger partial charge in [-0.3, -0.25) is 4.79 Å². The van der Waals surface area contributed by atoms with Gasteiger partial charge in [0.05, 0.1) is 10.6 Å². The number of oxime groups is 1. The van der Waals surface area contributed by atoms with Gasteiger partial charge >= 0.3 is 0 Å². The lowest BCUT2D eigenvalue weighted by molar-refractivity contribution is -0.114. The first kappa shape index (κ1) is 18.7. The first-order valence-electron chi connectivity index (χ1n) is 8.89. The van der Waals surface area contributed by atoms with Gasteiger partial charge in [0.1, 0.15) is 5.82 Å².